The minimum absolute atomic E-state index is 0.0108. The number of nitrogens with zero attached hydrogens (tertiary/aromatic N) is 1. The topological polar surface area (TPSA) is 77.3 Å². The molecule has 0 N–H and O–H groups in total. The Morgan fingerprint density at radius 3 is 2.16 bits per heavy atom. The summed E-state index contributed by atoms with van der Waals surface area (Å²) in [6.07, 6.45) is 0. The largest absolute Gasteiger partial charge is 0.270 e. The van der Waals surface area contributed by atoms with Gasteiger partial charge in [0, 0.05) is 22.8 Å². The lowest BCUT2D eigenvalue weighted by molar-refractivity contribution is -0.384. The molecule has 7 heteroatoms. The fourth-order valence-electron chi connectivity index (χ4n) is 1.61. The number of benzene rings is 2. The monoisotopic (exact) mass is 297 g/mol. The van der Waals surface area contributed by atoms with Gasteiger partial charge in [-0.1, -0.05) is 24.3 Å². The van der Waals surface area contributed by atoms with Gasteiger partial charge in [-0.15, -0.1) is 0 Å². The Bertz CT molecular complexity index is 726. The van der Waals surface area contributed by atoms with Crippen LogP contribution in [0.15, 0.2) is 53.4 Å². The molecule has 0 aliphatic rings. The van der Waals surface area contributed by atoms with Gasteiger partial charge in [0.05, 0.1) is 9.82 Å². The SMILES string of the molecule is O=[N+]([O-])c1cccc(-c2ccc(S(=O)(=O)Cl)cc2)c1. The van der Waals surface area contributed by atoms with Gasteiger partial charge >= 0.3 is 0 Å². The van der Waals surface area contributed by atoms with Crippen LogP contribution in [0.5, 0.6) is 0 Å². The van der Waals surface area contributed by atoms with Gasteiger partial charge in [-0.05, 0) is 23.3 Å². The highest BCUT2D eigenvalue weighted by atomic mass is 35.7. The lowest BCUT2D eigenvalue weighted by Gasteiger charge is -2.02. The van der Waals surface area contributed by atoms with Crippen molar-refractivity contribution in [2.24, 2.45) is 0 Å². The Labute approximate surface area is 114 Å². The number of non-ortho nitro benzene ring substituents is 1. The van der Waals surface area contributed by atoms with Gasteiger partial charge in [0.2, 0.25) is 0 Å². The summed E-state index contributed by atoms with van der Waals surface area (Å²) in [6, 6.07) is 11.9. The molecule has 0 aromatic heterocycles. The molecule has 0 spiro atoms. The van der Waals surface area contributed by atoms with E-state index < -0.39 is 14.0 Å². The van der Waals surface area contributed by atoms with Gasteiger partial charge in [-0.25, -0.2) is 8.42 Å². The second-order valence-electron chi connectivity index (χ2n) is 3.77. The van der Waals surface area contributed by atoms with E-state index in [9.17, 15) is 18.5 Å². The summed E-state index contributed by atoms with van der Waals surface area (Å²) in [5, 5.41) is 10.7. The molecule has 0 saturated heterocycles. The van der Waals surface area contributed by atoms with E-state index in [-0.39, 0.29) is 10.6 Å². The number of hydrogen-bond acceptors (Lipinski definition) is 4. The van der Waals surface area contributed by atoms with E-state index in [1.165, 1.54) is 24.3 Å². The molecule has 0 unspecified atom stereocenters. The van der Waals surface area contributed by atoms with Gasteiger partial charge < -0.3 is 0 Å². The standard InChI is InChI=1S/C12H8ClNO4S/c13-19(17,18)12-6-4-9(5-7-12)10-2-1-3-11(8-10)14(15)16/h1-8H. The molecule has 0 aliphatic heterocycles. The number of rotatable bonds is 3. The van der Waals surface area contributed by atoms with Gasteiger partial charge in [0.25, 0.3) is 14.7 Å². The molecule has 2 rings (SSSR count). The first kappa shape index (κ1) is 13.5. The van der Waals surface area contributed by atoms with Crippen molar-refractivity contribution in [1.29, 1.82) is 0 Å². The van der Waals surface area contributed by atoms with Crippen LogP contribution in [0.2, 0.25) is 0 Å². The zero-order valence-electron chi connectivity index (χ0n) is 9.49. The second-order valence-corrected chi connectivity index (χ2v) is 6.34. The fourth-order valence-corrected chi connectivity index (χ4v) is 2.38. The van der Waals surface area contributed by atoms with Crippen molar-refractivity contribution in [3.8, 4) is 11.1 Å². The van der Waals surface area contributed by atoms with Crippen LogP contribution in [-0.4, -0.2) is 13.3 Å². The van der Waals surface area contributed by atoms with Crippen LogP contribution in [0.3, 0.4) is 0 Å². The van der Waals surface area contributed by atoms with Crippen LogP contribution in [0.25, 0.3) is 11.1 Å². The number of halogens is 1. The van der Waals surface area contributed by atoms with Gasteiger partial charge in [0.15, 0.2) is 0 Å². The van der Waals surface area contributed by atoms with E-state index in [2.05, 4.69) is 0 Å². The van der Waals surface area contributed by atoms with E-state index in [1.54, 1.807) is 24.3 Å². The second kappa shape index (κ2) is 4.99. The van der Waals surface area contributed by atoms with Crippen LogP contribution >= 0.6 is 10.7 Å². The molecule has 0 radical (unpaired) electrons. The molecule has 2 aromatic rings. The van der Waals surface area contributed by atoms with E-state index in [0.717, 1.165) is 0 Å². The summed E-state index contributed by atoms with van der Waals surface area (Å²) in [5.74, 6) is 0. The fraction of sp³-hybridized carbons (Fsp3) is 0. The summed E-state index contributed by atoms with van der Waals surface area (Å²) in [6.45, 7) is 0. The minimum atomic E-state index is -3.76. The Kier molecular flexibility index (Phi) is 3.55. The first-order valence-corrected chi connectivity index (χ1v) is 7.48. The Morgan fingerprint density at radius 1 is 1.00 bits per heavy atom. The van der Waals surface area contributed by atoms with Crippen LogP contribution in [-0.2, 0) is 9.05 Å². The van der Waals surface area contributed by atoms with Crippen molar-refractivity contribution in [3.63, 3.8) is 0 Å². The predicted molar refractivity (Wildman–Crippen MR) is 71.6 cm³/mol. The smallest absolute Gasteiger partial charge is 0.258 e. The van der Waals surface area contributed by atoms with Crippen molar-refractivity contribution in [1.82, 2.24) is 0 Å². The molecule has 0 aliphatic carbocycles. The zero-order chi connectivity index (χ0) is 14.0. The number of nitro groups is 1. The zero-order valence-corrected chi connectivity index (χ0v) is 11.1. The summed E-state index contributed by atoms with van der Waals surface area (Å²) in [7, 11) is 1.45. The molecule has 19 heavy (non-hydrogen) atoms. The van der Waals surface area contributed by atoms with Gasteiger partial charge in [-0.3, -0.25) is 10.1 Å². The molecular formula is C12H8ClNO4S. The highest BCUT2D eigenvalue weighted by Crippen LogP contribution is 2.25. The van der Waals surface area contributed by atoms with Gasteiger partial charge in [-0.2, -0.15) is 0 Å². The first-order valence-electron chi connectivity index (χ1n) is 5.17. The first-order chi connectivity index (χ1) is 8.88. The Hall–Kier alpha value is -1.92. The lowest BCUT2D eigenvalue weighted by Crippen LogP contribution is -1.91. The van der Waals surface area contributed by atoms with E-state index in [1.807, 2.05) is 0 Å². The molecular weight excluding hydrogens is 290 g/mol. The molecule has 0 atom stereocenters. The van der Waals surface area contributed by atoms with E-state index in [4.69, 9.17) is 10.7 Å². The molecule has 0 amide bonds. The minimum Gasteiger partial charge on any atom is -0.258 e. The molecule has 5 nitrogen and oxygen atoms in total. The van der Waals surface area contributed by atoms with Crippen molar-refractivity contribution < 1.29 is 13.3 Å². The normalized spacial score (nSPS) is 11.2. The molecule has 98 valence electrons. The average Bonchev–Trinajstić information content (AvgIpc) is 2.38. The van der Waals surface area contributed by atoms with E-state index in [0.29, 0.717) is 11.1 Å². The summed E-state index contributed by atoms with van der Waals surface area (Å²) >= 11 is 0. The Morgan fingerprint density at radius 2 is 1.63 bits per heavy atom. The molecule has 0 heterocycles. The molecule has 0 saturated carbocycles. The third-order valence-corrected chi connectivity index (χ3v) is 3.90. The highest BCUT2D eigenvalue weighted by molar-refractivity contribution is 8.13. The van der Waals surface area contributed by atoms with Crippen LogP contribution in [0, 0.1) is 10.1 Å². The summed E-state index contributed by atoms with van der Waals surface area (Å²) in [4.78, 5) is 10.2. The van der Waals surface area contributed by atoms with Crippen LogP contribution in [0.1, 0.15) is 0 Å². The number of nitro benzene ring substituents is 1. The third-order valence-electron chi connectivity index (χ3n) is 2.53. The average molecular weight is 298 g/mol. The Balaban J connectivity index is 2.43. The lowest BCUT2D eigenvalue weighted by atomic mass is 10.1. The van der Waals surface area contributed by atoms with Crippen molar-refractivity contribution in [2.45, 2.75) is 4.90 Å². The third kappa shape index (κ3) is 3.10. The van der Waals surface area contributed by atoms with Crippen molar-refractivity contribution in [2.75, 3.05) is 0 Å². The number of hydrogen-bond donors (Lipinski definition) is 0. The van der Waals surface area contributed by atoms with Crippen molar-refractivity contribution >= 4 is 25.4 Å². The van der Waals surface area contributed by atoms with Crippen LogP contribution in [0.4, 0.5) is 5.69 Å². The quantitative estimate of drug-likeness (QED) is 0.495. The maximum Gasteiger partial charge on any atom is 0.270 e. The van der Waals surface area contributed by atoms with E-state index >= 15 is 0 Å². The maximum atomic E-state index is 11.1. The summed E-state index contributed by atoms with van der Waals surface area (Å²) in [5.41, 5.74) is 1.28. The maximum absolute atomic E-state index is 11.1. The van der Waals surface area contributed by atoms with Crippen molar-refractivity contribution in [3.05, 3.63) is 58.6 Å². The highest BCUT2D eigenvalue weighted by Gasteiger charge is 2.11. The summed E-state index contributed by atoms with van der Waals surface area (Å²) < 4.78 is 22.2. The molecule has 2 aromatic carbocycles. The van der Waals surface area contributed by atoms with Crippen LogP contribution < -0.4 is 0 Å². The van der Waals surface area contributed by atoms with Gasteiger partial charge in [0.1, 0.15) is 0 Å². The predicted octanol–water partition coefficient (Wildman–Crippen LogP) is 3.19. The molecule has 0 bridgehead atoms. The molecule has 0 fully saturated rings.